The Morgan fingerprint density at radius 3 is 2.58 bits per heavy atom. The van der Waals surface area contributed by atoms with Gasteiger partial charge in [0.25, 0.3) is 11.8 Å². The number of amides is 2. The largest absolute Gasteiger partial charge is 0.481 e. The third-order valence-corrected chi connectivity index (χ3v) is 5.51. The minimum absolute atomic E-state index is 0.0427. The fraction of sp³-hybridized carbons (Fsp3) is 0.200. The van der Waals surface area contributed by atoms with Gasteiger partial charge in [-0.15, -0.1) is 0 Å². The summed E-state index contributed by atoms with van der Waals surface area (Å²) >= 11 is 5.90. The molecular formula is C25H23ClN2O3. The SMILES string of the molecule is CC1Oc2ccc(NC(=O)c3ccc(Cl)cc3)cc2CN(CCc2ccccc2)C1=O. The quantitative estimate of drug-likeness (QED) is 0.618. The number of benzene rings is 3. The molecule has 5 nitrogen and oxygen atoms in total. The number of halogens is 1. The number of anilines is 1. The van der Waals surface area contributed by atoms with Gasteiger partial charge >= 0.3 is 0 Å². The molecule has 0 saturated carbocycles. The molecular weight excluding hydrogens is 412 g/mol. The number of hydrogen-bond donors (Lipinski definition) is 1. The van der Waals surface area contributed by atoms with E-state index in [0.29, 0.717) is 35.1 Å². The van der Waals surface area contributed by atoms with E-state index in [-0.39, 0.29) is 11.8 Å². The van der Waals surface area contributed by atoms with Crippen LogP contribution in [-0.2, 0) is 17.8 Å². The van der Waals surface area contributed by atoms with Crippen LogP contribution in [-0.4, -0.2) is 29.4 Å². The van der Waals surface area contributed by atoms with Gasteiger partial charge < -0.3 is 15.0 Å². The zero-order valence-electron chi connectivity index (χ0n) is 17.2. The molecule has 0 aromatic heterocycles. The number of carbonyl (C=O) groups is 2. The maximum absolute atomic E-state index is 12.8. The average Bonchev–Trinajstić information content (AvgIpc) is 2.89. The summed E-state index contributed by atoms with van der Waals surface area (Å²) in [6.07, 6.45) is 0.202. The third-order valence-electron chi connectivity index (χ3n) is 5.26. The van der Waals surface area contributed by atoms with Gasteiger partial charge in [-0.05, 0) is 61.4 Å². The van der Waals surface area contributed by atoms with Crippen molar-refractivity contribution in [3.8, 4) is 5.75 Å². The summed E-state index contributed by atoms with van der Waals surface area (Å²) in [7, 11) is 0. The molecule has 1 aliphatic heterocycles. The highest BCUT2D eigenvalue weighted by Crippen LogP contribution is 2.29. The fourth-order valence-electron chi connectivity index (χ4n) is 3.58. The van der Waals surface area contributed by atoms with Gasteiger partial charge in [-0.3, -0.25) is 9.59 Å². The topological polar surface area (TPSA) is 58.6 Å². The molecule has 1 aliphatic rings. The van der Waals surface area contributed by atoms with Crippen molar-refractivity contribution in [1.29, 1.82) is 0 Å². The molecule has 1 N–H and O–H groups in total. The molecule has 1 heterocycles. The van der Waals surface area contributed by atoms with Crippen LogP contribution in [0.15, 0.2) is 72.8 Å². The second-order valence-electron chi connectivity index (χ2n) is 7.54. The summed E-state index contributed by atoms with van der Waals surface area (Å²) in [6, 6.07) is 22.2. The number of fused-ring (bicyclic) bond motifs is 1. The van der Waals surface area contributed by atoms with Gasteiger partial charge in [-0.25, -0.2) is 0 Å². The fourth-order valence-corrected chi connectivity index (χ4v) is 3.71. The Morgan fingerprint density at radius 2 is 1.84 bits per heavy atom. The highest BCUT2D eigenvalue weighted by Gasteiger charge is 2.27. The molecule has 0 spiro atoms. The molecule has 0 aliphatic carbocycles. The van der Waals surface area contributed by atoms with Crippen molar-refractivity contribution >= 4 is 29.1 Å². The first-order chi connectivity index (χ1) is 15.0. The zero-order chi connectivity index (χ0) is 21.8. The second kappa shape index (κ2) is 9.23. The van der Waals surface area contributed by atoms with Crippen LogP contribution in [0.3, 0.4) is 0 Å². The van der Waals surface area contributed by atoms with E-state index < -0.39 is 6.10 Å². The summed E-state index contributed by atoms with van der Waals surface area (Å²) in [5.41, 5.74) is 3.20. The molecule has 1 unspecified atom stereocenters. The Morgan fingerprint density at radius 1 is 1.10 bits per heavy atom. The summed E-state index contributed by atoms with van der Waals surface area (Å²) in [4.78, 5) is 27.2. The first kappa shape index (κ1) is 20.9. The summed E-state index contributed by atoms with van der Waals surface area (Å²) in [5.74, 6) is 0.392. The molecule has 2 amide bonds. The van der Waals surface area contributed by atoms with Crippen LogP contribution in [0.2, 0.25) is 5.02 Å². The molecule has 3 aromatic carbocycles. The van der Waals surface area contributed by atoms with Crippen molar-refractivity contribution in [3.05, 3.63) is 94.5 Å². The van der Waals surface area contributed by atoms with Crippen LogP contribution >= 0.6 is 11.6 Å². The molecule has 0 fully saturated rings. The van der Waals surface area contributed by atoms with Gasteiger partial charge in [0.2, 0.25) is 0 Å². The Kier molecular flexibility index (Phi) is 6.23. The van der Waals surface area contributed by atoms with Gasteiger partial charge in [0.05, 0.1) is 0 Å². The van der Waals surface area contributed by atoms with E-state index in [2.05, 4.69) is 17.4 Å². The van der Waals surface area contributed by atoms with E-state index in [1.807, 2.05) is 29.2 Å². The van der Waals surface area contributed by atoms with Crippen molar-refractivity contribution in [2.24, 2.45) is 0 Å². The van der Waals surface area contributed by atoms with Crippen LogP contribution in [0.1, 0.15) is 28.4 Å². The molecule has 1 atom stereocenters. The van der Waals surface area contributed by atoms with Crippen LogP contribution in [0.25, 0.3) is 0 Å². The monoisotopic (exact) mass is 434 g/mol. The van der Waals surface area contributed by atoms with Crippen LogP contribution < -0.4 is 10.1 Å². The van der Waals surface area contributed by atoms with Crippen LogP contribution in [0, 0.1) is 0 Å². The predicted molar refractivity (Wildman–Crippen MR) is 122 cm³/mol. The molecule has 158 valence electrons. The minimum atomic E-state index is -0.563. The van der Waals surface area contributed by atoms with Crippen molar-refractivity contribution < 1.29 is 14.3 Å². The highest BCUT2D eigenvalue weighted by molar-refractivity contribution is 6.30. The summed E-state index contributed by atoms with van der Waals surface area (Å²) in [5, 5.41) is 3.48. The lowest BCUT2D eigenvalue weighted by Crippen LogP contribution is -2.39. The predicted octanol–water partition coefficient (Wildman–Crippen LogP) is 4.94. The van der Waals surface area contributed by atoms with Gasteiger partial charge in [-0.1, -0.05) is 41.9 Å². The third kappa shape index (κ3) is 5.06. The number of carbonyl (C=O) groups excluding carboxylic acids is 2. The number of rotatable bonds is 5. The van der Waals surface area contributed by atoms with E-state index in [9.17, 15) is 9.59 Å². The first-order valence-electron chi connectivity index (χ1n) is 10.2. The van der Waals surface area contributed by atoms with E-state index >= 15 is 0 Å². The lowest BCUT2D eigenvalue weighted by Gasteiger charge is -2.22. The Bertz CT molecular complexity index is 1080. The number of nitrogens with one attached hydrogen (secondary N) is 1. The standard InChI is InChI=1S/C25H23ClN2O3/c1-17-25(30)28(14-13-18-5-3-2-4-6-18)16-20-15-22(11-12-23(20)31-17)27-24(29)19-7-9-21(26)10-8-19/h2-12,15,17H,13-14,16H2,1H3,(H,27,29). The number of ether oxygens (including phenoxy) is 1. The van der Waals surface area contributed by atoms with E-state index in [0.717, 1.165) is 12.0 Å². The molecule has 4 rings (SSSR count). The summed E-state index contributed by atoms with van der Waals surface area (Å²) < 4.78 is 5.89. The molecule has 6 heteroatoms. The molecule has 3 aromatic rings. The van der Waals surface area contributed by atoms with Gasteiger partial charge in [-0.2, -0.15) is 0 Å². The Labute approximate surface area is 186 Å². The smallest absolute Gasteiger partial charge is 0.263 e. The van der Waals surface area contributed by atoms with Gasteiger partial charge in [0, 0.05) is 34.9 Å². The molecule has 0 radical (unpaired) electrons. The lowest BCUT2D eigenvalue weighted by molar-refractivity contribution is -0.137. The maximum atomic E-state index is 12.8. The Balaban J connectivity index is 1.51. The molecule has 0 saturated heterocycles. The minimum Gasteiger partial charge on any atom is -0.481 e. The second-order valence-corrected chi connectivity index (χ2v) is 7.98. The number of hydrogen-bond acceptors (Lipinski definition) is 3. The first-order valence-corrected chi connectivity index (χ1v) is 10.6. The number of nitrogens with zero attached hydrogens (tertiary/aromatic N) is 1. The van der Waals surface area contributed by atoms with Crippen molar-refractivity contribution in [2.45, 2.75) is 26.0 Å². The van der Waals surface area contributed by atoms with Crippen molar-refractivity contribution in [2.75, 3.05) is 11.9 Å². The van der Waals surface area contributed by atoms with Crippen molar-refractivity contribution in [1.82, 2.24) is 4.90 Å². The summed E-state index contributed by atoms with van der Waals surface area (Å²) in [6.45, 7) is 2.79. The maximum Gasteiger partial charge on any atom is 0.263 e. The zero-order valence-corrected chi connectivity index (χ0v) is 17.9. The molecule has 0 bridgehead atoms. The van der Waals surface area contributed by atoms with E-state index in [1.54, 1.807) is 43.3 Å². The average molecular weight is 435 g/mol. The van der Waals surface area contributed by atoms with Crippen molar-refractivity contribution in [3.63, 3.8) is 0 Å². The van der Waals surface area contributed by atoms with Gasteiger partial charge in [0.15, 0.2) is 6.10 Å². The van der Waals surface area contributed by atoms with E-state index in [4.69, 9.17) is 16.3 Å². The molecule has 31 heavy (non-hydrogen) atoms. The Hall–Kier alpha value is -3.31. The van der Waals surface area contributed by atoms with Crippen LogP contribution in [0.5, 0.6) is 5.75 Å². The van der Waals surface area contributed by atoms with Crippen LogP contribution in [0.4, 0.5) is 5.69 Å². The highest BCUT2D eigenvalue weighted by atomic mass is 35.5. The van der Waals surface area contributed by atoms with E-state index in [1.165, 1.54) is 5.56 Å². The normalized spacial score (nSPS) is 15.6. The lowest BCUT2D eigenvalue weighted by atomic mass is 10.1. The van der Waals surface area contributed by atoms with Gasteiger partial charge in [0.1, 0.15) is 5.75 Å².